The van der Waals surface area contributed by atoms with E-state index in [2.05, 4.69) is 51.8 Å². The van der Waals surface area contributed by atoms with Gasteiger partial charge in [-0.2, -0.15) is 0 Å². The highest BCUT2D eigenvalue weighted by molar-refractivity contribution is 4.91. The molecule has 1 aliphatic heterocycles. The third kappa shape index (κ3) is 3.71. The van der Waals surface area contributed by atoms with Gasteiger partial charge in [0.05, 0.1) is 0 Å². The standard InChI is InChI=1S/C16H34N2/c1-7-13(6)15-11-18(14(8-2)10-17-15)16(9-3)12(4)5/h12-17H,7-11H2,1-6H3. The van der Waals surface area contributed by atoms with E-state index in [0.29, 0.717) is 6.04 Å². The van der Waals surface area contributed by atoms with Gasteiger partial charge in [-0.1, -0.05) is 48.0 Å². The van der Waals surface area contributed by atoms with Gasteiger partial charge in [0, 0.05) is 31.2 Å². The first-order valence-corrected chi connectivity index (χ1v) is 8.04. The minimum atomic E-state index is 0.686. The topological polar surface area (TPSA) is 15.3 Å². The molecule has 108 valence electrons. The predicted molar refractivity (Wildman–Crippen MR) is 80.9 cm³/mol. The zero-order chi connectivity index (χ0) is 13.7. The number of piperazine rings is 1. The first-order valence-electron chi connectivity index (χ1n) is 8.04. The van der Waals surface area contributed by atoms with Gasteiger partial charge >= 0.3 is 0 Å². The normalized spacial score (nSPS) is 29.5. The smallest absolute Gasteiger partial charge is 0.0221 e. The minimum absolute atomic E-state index is 0.686. The van der Waals surface area contributed by atoms with Gasteiger partial charge in [-0.15, -0.1) is 0 Å². The Morgan fingerprint density at radius 3 is 2.22 bits per heavy atom. The van der Waals surface area contributed by atoms with Crippen LogP contribution < -0.4 is 5.32 Å². The van der Waals surface area contributed by atoms with Crippen LogP contribution in [0.5, 0.6) is 0 Å². The van der Waals surface area contributed by atoms with Crippen molar-refractivity contribution in [1.29, 1.82) is 0 Å². The molecule has 0 aromatic rings. The first-order chi connectivity index (χ1) is 8.54. The lowest BCUT2D eigenvalue weighted by molar-refractivity contribution is 0.0423. The number of nitrogens with zero attached hydrogens (tertiary/aromatic N) is 1. The summed E-state index contributed by atoms with van der Waals surface area (Å²) in [6, 6.07) is 2.17. The highest BCUT2D eigenvalue weighted by Gasteiger charge is 2.33. The molecule has 1 aliphatic rings. The van der Waals surface area contributed by atoms with E-state index in [4.69, 9.17) is 0 Å². The quantitative estimate of drug-likeness (QED) is 0.780. The Balaban J connectivity index is 2.75. The summed E-state index contributed by atoms with van der Waals surface area (Å²) in [6.45, 7) is 16.5. The fraction of sp³-hybridized carbons (Fsp3) is 1.00. The van der Waals surface area contributed by atoms with Crippen LogP contribution in [-0.4, -0.2) is 36.1 Å². The molecule has 0 aromatic carbocycles. The van der Waals surface area contributed by atoms with E-state index in [-0.39, 0.29) is 0 Å². The lowest BCUT2D eigenvalue weighted by Crippen LogP contribution is -2.61. The van der Waals surface area contributed by atoms with Crippen molar-refractivity contribution in [3.8, 4) is 0 Å². The first kappa shape index (κ1) is 16.0. The zero-order valence-electron chi connectivity index (χ0n) is 13.4. The van der Waals surface area contributed by atoms with Crippen LogP contribution >= 0.6 is 0 Å². The minimum Gasteiger partial charge on any atom is -0.311 e. The summed E-state index contributed by atoms with van der Waals surface area (Å²) in [5.41, 5.74) is 0. The second-order valence-corrected chi connectivity index (χ2v) is 6.38. The lowest BCUT2D eigenvalue weighted by atomic mass is 9.90. The fourth-order valence-electron chi connectivity index (χ4n) is 3.38. The summed E-state index contributed by atoms with van der Waals surface area (Å²) in [5.74, 6) is 1.55. The summed E-state index contributed by atoms with van der Waals surface area (Å²) in [4.78, 5) is 2.80. The molecule has 0 spiro atoms. The van der Waals surface area contributed by atoms with Crippen molar-refractivity contribution >= 4 is 0 Å². The van der Waals surface area contributed by atoms with E-state index in [0.717, 1.165) is 23.9 Å². The maximum absolute atomic E-state index is 3.78. The summed E-state index contributed by atoms with van der Waals surface area (Å²) >= 11 is 0. The van der Waals surface area contributed by atoms with Crippen LogP contribution in [0.2, 0.25) is 0 Å². The van der Waals surface area contributed by atoms with Gasteiger partial charge in [0.25, 0.3) is 0 Å². The van der Waals surface area contributed by atoms with Crippen molar-refractivity contribution in [2.45, 2.75) is 78.9 Å². The molecule has 0 aromatic heterocycles. The summed E-state index contributed by atoms with van der Waals surface area (Å²) in [5, 5.41) is 3.78. The molecule has 0 radical (unpaired) electrons. The molecule has 4 atom stereocenters. The van der Waals surface area contributed by atoms with Crippen LogP contribution in [0, 0.1) is 11.8 Å². The van der Waals surface area contributed by atoms with Crippen molar-refractivity contribution < 1.29 is 0 Å². The molecule has 0 amide bonds. The Kier molecular flexibility index (Phi) is 6.65. The number of hydrogen-bond acceptors (Lipinski definition) is 2. The second kappa shape index (κ2) is 7.49. The van der Waals surface area contributed by atoms with Crippen molar-refractivity contribution in [2.75, 3.05) is 13.1 Å². The molecule has 1 rings (SSSR count). The molecule has 1 heterocycles. The van der Waals surface area contributed by atoms with E-state index in [1.165, 1.54) is 32.4 Å². The summed E-state index contributed by atoms with van der Waals surface area (Å²) < 4.78 is 0. The highest BCUT2D eigenvalue weighted by atomic mass is 15.3. The molecule has 1 fully saturated rings. The van der Waals surface area contributed by atoms with Crippen LogP contribution in [-0.2, 0) is 0 Å². The van der Waals surface area contributed by atoms with Crippen molar-refractivity contribution in [3.05, 3.63) is 0 Å². The van der Waals surface area contributed by atoms with Gasteiger partial charge in [0.2, 0.25) is 0 Å². The van der Waals surface area contributed by atoms with Crippen LogP contribution in [0.25, 0.3) is 0 Å². The number of rotatable bonds is 6. The number of hydrogen-bond donors (Lipinski definition) is 1. The molecule has 0 aliphatic carbocycles. The van der Waals surface area contributed by atoms with E-state index >= 15 is 0 Å². The largest absolute Gasteiger partial charge is 0.311 e. The Morgan fingerprint density at radius 2 is 1.78 bits per heavy atom. The van der Waals surface area contributed by atoms with E-state index in [1.54, 1.807) is 0 Å². The fourth-order valence-corrected chi connectivity index (χ4v) is 3.38. The molecular formula is C16H34N2. The zero-order valence-corrected chi connectivity index (χ0v) is 13.4. The monoisotopic (exact) mass is 254 g/mol. The van der Waals surface area contributed by atoms with Gasteiger partial charge in [0.1, 0.15) is 0 Å². The third-order valence-electron chi connectivity index (χ3n) is 4.91. The highest BCUT2D eigenvalue weighted by Crippen LogP contribution is 2.24. The lowest BCUT2D eigenvalue weighted by Gasteiger charge is -2.47. The Bertz CT molecular complexity index is 227. The van der Waals surface area contributed by atoms with E-state index < -0.39 is 0 Å². The molecule has 1 N–H and O–H groups in total. The molecule has 2 heteroatoms. The molecule has 2 nitrogen and oxygen atoms in total. The maximum Gasteiger partial charge on any atom is 0.0221 e. The van der Waals surface area contributed by atoms with Crippen LogP contribution in [0.15, 0.2) is 0 Å². The molecule has 0 saturated carbocycles. The van der Waals surface area contributed by atoms with Crippen molar-refractivity contribution in [3.63, 3.8) is 0 Å². The van der Waals surface area contributed by atoms with Gasteiger partial charge in [0.15, 0.2) is 0 Å². The van der Waals surface area contributed by atoms with Gasteiger partial charge in [-0.25, -0.2) is 0 Å². The third-order valence-corrected chi connectivity index (χ3v) is 4.91. The predicted octanol–water partition coefficient (Wildman–Crippen LogP) is 3.52. The Hall–Kier alpha value is -0.0800. The average molecular weight is 254 g/mol. The van der Waals surface area contributed by atoms with Crippen LogP contribution in [0.1, 0.15) is 60.8 Å². The van der Waals surface area contributed by atoms with Crippen LogP contribution in [0.3, 0.4) is 0 Å². The molecule has 1 saturated heterocycles. The van der Waals surface area contributed by atoms with Gasteiger partial charge < -0.3 is 5.32 Å². The summed E-state index contributed by atoms with van der Waals surface area (Å²) in [7, 11) is 0. The molecule has 4 unspecified atom stereocenters. The second-order valence-electron chi connectivity index (χ2n) is 6.38. The van der Waals surface area contributed by atoms with Gasteiger partial charge in [-0.05, 0) is 24.7 Å². The Labute approximate surface area is 115 Å². The Morgan fingerprint density at radius 1 is 1.11 bits per heavy atom. The van der Waals surface area contributed by atoms with Crippen LogP contribution in [0.4, 0.5) is 0 Å². The SMILES string of the molecule is CCC(C)C1CN(C(CC)C(C)C)C(CC)CN1. The molecule has 18 heavy (non-hydrogen) atoms. The maximum atomic E-state index is 3.78. The van der Waals surface area contributed by atoms with Crippen molar-refractivity contribution in [1.82, 2.24) is 10.2 Å². The number of nitrogens with one attached hydrogen (secondary N) is 1. The average Bonchev–Trinajstić information content (AvgIpc) is 2.38. The molecular weight excluding hydrogens is 220 g/mol. The van der Waals surface area contributed by atoms with Gasteiger partial charge in [-0.3, -0.25) is 4.90 Å². The van der Waals surface area contributed by atoms with Crippen molar-refractivity contribution in [2.24, 2.45) is 11.8 Å². The molecule has 0 bridgehead atoms. The summed E-state index contributed by atoms with van der Waals surface area (Å²) in [6.07, 6.45) is 3.83. The van der Waals surface area contributed by atoms with E-state index in [9.17, 15) is 0 Å². The van der Waals surface area contributed by atoms with E-state index in [1.807, 2.05) is 0 Å².